The van der Waals surface area contributed by atoms with Gasteiger partial charge in [-0.15, -0.1) is 11.3 Å². The van der Waals surface area contributed by atoms with Crippen molar-refractivity contribution in [2.75, 3.05) is 7.11 Å². The van der Waals surface area contributed by atoms with E-state index in [1.54, 1.807) is 18.3 Å². The molecule has 1 unspecified atom stereocenters. The molecular weight excluding hydrogens is 317 g/mol. The molecule has 118 valence electrons. The first-order valence-electron chi connectivity index (χ1n) is 6.93. The van der Waals surface area contributed by atoms with Crippen LogP contribution < -0.4 is 5.32 Å². The molecule has 0 amide bonds. The fourth-order valence-electron chi connectivity index (χ4n) is 2.36. The van der Waals surface area contributed by atoms with Crippen LogP contribution in [-0.4, -0.2) is 29.9 Å². The smallest absolute Gasteiger partial charge is 0.338 e. The summed E-state index contributed by atoms with van der Waals surface area (Å²) in [6.45, 7) is 1.81. The number of carbonyl (C=O) groups is 1. The third-order valence-electron chi connectivity index (χ3n) is 3.43. The number of nitrogens with zero attached hydrogens (tertiary/aromatic N) is 2. The number of carbonyl (C=O) groups excluding carboxylic acids is 1. The number of esters is 1. The predicted molar refractivity (Wildman–Crippen MR) is 86.6 cm³/mol. The second-order valence-electron chi connectivity index (χ2n) is 4.90. The monoisotopic (exact) mass is 331 g/mol. The van der Waals surface area contributed by atoms with Gasteiger partial charge in [-0.25, -0.2) is 14.2 Å². The van der Waals surface area contributed by atoms with Gasteiger partial charge in [0.2, 0.25) is 0 Å². The van der Waals surface area contributed by atoms with Crippen LogP contribution in [0.5, 0.6) is 0 Å². The lowest BCUT2D eigenvalue weighted by Gasteiger charge is -2.24. The molecule has 0 aliphatic carbocycles. The quantitative estimate of drug-likeness (QED) is 0.878. The molecule has 5 nitrogen and oxygen atoms in total. The summed E-state index contributed by atoms with van der Waals surface area (Å²) in [6.07, 6.45) is 1.69. The molecule has 1 N–H and O–H groups in total. The molecule has 0 saturated carbocycles. The number of hydrogen-bond acceptors (Lipinski definition) is 6. The number of benzene rings is 1. The SMILES string of the molecule is COC(=O)C1=C(c2ccc(F)cc2)NC(c2nccs2)=NC1C. The summed E-state index contributed by atoms with van der Waals surface area (Å²) in [5, 5.41) is 5.71. The summed E-state index contributed by atoms with van der Waals surface area (Å²) in [4.78, 5) is 20.9. The first kappa shape index (κ1) is 15.4. The molecule has 0 fully saturated rings. The molecule has 1 aromatic carbocycles. The Kier molecular flexibility index (Phi) is 4.20. The summed E-state index contributed by atoms with van der Waals surface area (Å²) in [6, 6.07) is 5.51. The highest BCUT2D eigenvalue weighted by Crippen LogP contribution is 2.26. The van der Waals surface area contributed by atoms with Crippen molar-refractivity contribution in [3.05, 3.63) is 57.8 Å². The largest absolute Gasteiger partial charge is 0.466 e. The molecule has 3 rings (SSSR count). The molecular formula is C16H14FN3O2S. The number of amidine groups is 1. The standard InChI is InChI=1S/C16H14FN3O2S/c1-9-12(16(21)22-2)13(10-3-5-11(17)6-4-10)20-14(19-9)15-18-7-8-23-15/h3-9H,1-2H3,(H,19,20). The molecule has 1 aliphatic rings. The van der Waals surface area contributed by atoms with Crippen molar-refractivity contribution < 1.29 is 13.9 Å². The molecule has 1 aliphatic heterocycles. The molecule has 0 saturated heterocycles. The van der Waals surface area contributed by atoms with Gasteiger partial charge in [0.05, 0.1) is 24.4 Å². The molecule has 2 aromatic rings. The zero-order chi connectivity index (χ0) is 16.4. The number of halogens is 1. The van der Waals surface area contributed by atoms with E-state index in [9.17, 15) is 9.18 Å². The van der Waals surface area contributed by atoms with Crippen molar-refractivity contribution in [2.24, 2.45) is 4.99 Å². The first-order valence-corrected chi connectivity index (χ1v) is 7.81. The normalized spacial score (nSPS) is 17.5. The van der Waals surface area contributed by atoms with E-state index < -0.39 is 12.0 Å². The minimum Gasteiger partial charge on any atom is -0.466 e. The molecule has 0 radical (unpaired) electrons. The van der Waals surface area contributed by atoms with Crippen molar-refractivity contribution >= 4 is 28.8 Å². The van der Waals surface area contributed by atoms with Crippen LogP contribution in [0, 0.1) is 5.82 Å². The lowest BCUT2D eigenvalue weighted by Crippen LogP contribution is -2.34. The van der Waals surface area contributed by atoms with Crippen molar-refractivity contribution in [2.45, 2.75) is 13.0 Å². The van der Waals surface area contributed by atoms with E-state index in [1.807, 2.05) is 12.3 Å². The summed E-state index contributed by atoms with van der Waals surface area (Å²) in [5.41, 5.74) is 1.64. The van der Waals surface area contributed by atoms with Gasteiger partial charge in [-0.05, 0) is 36.8 Å². The van der Waals surface area contributed by atoms with Gasteiger partial charge in [-0.1, -0.05) is 0 Å². The van der Waals surface area contributed by atoms with Crippen molar-refractivity contribution in [1.29, 1.82) is 0 Å². The van der Waals surface area contributed by atoms with E-state index in [0.717, 1.165) is 5.01 Å². The number of thiazole rings is 1. The summed E-state index contributed by atoms with van der Waals surface area (Å²) in [7, 11) is 1.32. The molecule has 0 bridgehead atoms. The Balaban J connectivity index is 2.08. The van der Waals surface area contributed by atoms with Crippen molar-refractivity contribution in [1.82, 2.24) is 10.3 Å². The maximum atomic E-state index is 13.2. The zero-order valence-electron chi connectivity index (χ0n) is 12.5. The fourth-order valence-corrected chi connectivity index (χ4v) is 2.95. The van der Waals surface area contributed by atoms with E-state index in [0.29, 0.717) is 22.7 Å². The van der Waals surface area contributed by atoms with E-state index in [1.165, 1.54) is 30.6 Å². The van der Waals surface area contributed by atoms with Gasteiger partial charge in [0.1, 0.15) is 5.82 Å². The van der Waals surface area contributed by atoms with Gasteiger partial charge < -0.3 is 10.1 Å². The Hall–Kier alpha value is -2.54. The highest BCUT2D eigenvalue weighted by molar-refractivity contribution is 7.11. The molecule has 2 heterocycles. The van der Waals surface area contributed by atoms with Gasteiger partial charge in [0.25, 0.3) is 0 Å². The molecule has 7 heteroatoms. The van der Waals surface area contributed by atoms with Crippen molar-refractivity contribution in [3.8, 4) is 0 Å². The first-order chi connectivity index (χ1) is 11.1. The Morgan fingerprint density at radius 1 is 1.35 bits per heavy atom. The van der Waals surface area contributed by atoms with Gasteiger partial charge in [-0.2, -0.15) is 0 Å². The molecule has 1 aromatic heterocycles. The maximum Gasteiger partial charge on any atom is 0.338 e. The van der Waals surface area contributed by atoms with Gasteiger partial charge in [0, 0.05) is 11.6 Å². The Morgan fingerprint density at radius 2 is 2.09 bits per heavy atom. The number of ether oxygens (including phenoxy) is 1. The lowest BCUT2D eigenvalue weighted by molar-refractivity contribution is -0.136. The number of rotatable bonds is 3. The average molecular weight is 331 g/mol. The second-order valence-corrected chi connectivity index (χ2v) is 5.80. The minimum absolute atomic E-state index is 0.341. The third-order valence-corrected chi connectivity index (χ3v) is 4.21. The Labute approximate surface area is 136 Å². The number of aromatic nitrogens is 1. The number of methoxy groups -OCH3 is 1. The summed E-state index contributed by atoms with van der Waals surface area (Å²) in [5.74, 6) is -0.225. The summed E-state index contributed by atoms with van der Waals surface area (Å²) < 4.78 is 18.1. The van der Waals surface area contributed by atoms with Crippen LogP contribution in [0.1, 0.15) is 17.5 Å². The topological polar surface area (TPSA) is 63.6 Å². The highest BCUT2D eigenvalue weighted by atomic mass is 32.1. The number of nitrogens with one attached hydrogen (secondary N) is 1. The lowest BCUT2D eigenvalue weighted by atomic mass is 9.99. The van der Waals surface area contributed by atoms with Crippen LogP contribution in [0.25, 0.3) is 5.70 Å². The van der Waals surface area contributed by atoms with Crippen LogP contribution in [0.15, 0.2) is 46.4 Å². The van der Waals surface area contributed by atoms with E-state index in [2.05, 4.69) is 15.3 Å². The number of aliphatic imine (C=N–C) groups is 1. The second kappa shape index (κ2) is 6.29. The third kappa shape index (κ3) is 3.00. The van der Waals surface area contributed by atoms with E-state index in [4.69, 9.17) is 4.74 Å². The van der Waals surface area contributed by atoms with Gasteiger partial charge in [-0.3, -0.25) is 4.99 Å². The van der Waals surface area contributed by atoms with E-state index >= 15 is 0 Å². The van der Waals surface area contributed by atoms with Crippen LogP contribution >= 0.6 is 11.3 Å². The van der Waals surface area contributed by atoms with Crippen LogP contribution in [0.2, 0.25) is 0 Å². The van der Waals surface area contributed by atoms with Crippen molar-refractivity contribution in [3.63, 3.8) is 0 Å². The van der Waals surface area contributed by atoms with Crippen LogP contribution in [0.4, 0.5) is 4.39 Å². The van der Waals surface area contributed by atoms with Gasteiger partial charge in [0.15, 0.2) is 10.8 Å². The zero-order valence-corrected chi connectivity index (χ0v) is 13.4. The summed E-state index contributed by atoms with van der Waals surface area (Å²) >= 11 is 1.44. The highest BCUT2D eigenvalue weighted by Gasteiger charge is 2.29. The van der Waals surface area contributed by atoms with Gasteiger partial charge >= 0.3 is 5.97 Å². The minimum atomic E-state index is -0.466. The molecule has 23 heavy (non-hydrogen) atoms. The average Bonchev–Trinajstić information content (AvgIpc) is 3.08. The maximum absolute atomic E-state index is 13.2. The predicted octanol–water partition coefficient (Wildman–Crippen LogP) is 2.60. The van der Waals surface area contributed by atoms with Crippen LogP contribution in [-0.2, 0) is 9.53 Å². The Bertz CT molecular complexity index is 782. The Morgan fingerprint density at radius 3 is 2.70 bits per heavy atom. The van der Waals surface area contributed by atoms with Crippen LogP contribution in [0.3, 0.4) is 0 Å². The molecule has 1 atom stereocenters. The fraction of sp³-hybridized carbons (Fsp3) is 0.188. The van der Waals surface area contributed by atoms with E-state index in [-0.39, 0.29) is 5.82 Å². The molecule has 0 spiro atoms. The number of hydrogen-bond donors (Lipinski definition) is 1.